The average molecular weight is 240 g/mol. The van der Waals surface area contributed by atoms with E-state index in [1.807, 2.05) is 12.3 Å². The largest absolute Gasteiger partial charge is 0.481 e. The van der Waals surface area contributed by atoms with E-state index in [-0.39, 0.29) is 12.0 Å². The van der Waals surface area contributed by atoms with Gasteiger partial charge in [0.05, 0.1) is 11.6 Å². The highest BCUT2D eigenvalue weighted by Crippen LogP contribution is 2.30. The number of carboxylic acid groups (broad SMARTS) is 1. The number of anilines is 1. The molecule has 2 unspecified atom stereocenters. The molecule has 0 aromatic carbocycles. The first kappa shape index (κ1) is 11.4. The molecule has 16 heavy (non-hydrogen) atoms. The summed E-state index contributed by atoms with van der Waals surface area (Å²) in [4.78, 5) is 17.6. The number of carboxylic acids is 1. The first-order chi connectivity index (χ1) is 7.58. The van der Waals surface area contributed by atoms with Gasteiger partial charge in [-0.15, -0.1) is 11.3 Å². The minimum absolute atomic E-state index is 0.188. The Kier molecular flexibility index (Phi) is 3.14. The standard InChI is InChI=1S/C11H16N2O2S/c1-7-6-16-11(12-7)13-4-3-9(10(14)15)5-8(13)2/h6,8-9H,3-5H2,1-2H3,(H,14,15). The highest BCUT2D eigenvalue weighted by molar-refractivity contribution is 7.13. The number of hydrogen-bond donors (Lipinski definition) is 1. The molecule has 2 heterocycles. The van der Waals surface area contributed by atoms with E-state index in [2.05, 4.69) is 16.8 Å². The van der Waals surface area contributed by atoms with Gasteiger partial charge in [0.2, 0.25) is 0 Å². The molecule has 0 bridgehead atoms. The molecule has 0 saturated carbocycles. The molecule has 1 N–H and O–H groups in total. The van der Waals surface area contributed by atoms with Crippen molar-refractivity contribution in [3.05, 3.63) is 11.1 Å². The number of aryl methyl sites for hydroxylation is 1. The number of aliphatic carboxylic acids is 1. The van der Waals surface area contributed by atoms with E-state index in [1.54, 1.807) is 11.3 Å². The van der Waals surface area contributed by atoms with Crippen molar-refractivity contribution in [3.8, 4) is 0 Å². The van der Waals surface area contributed by atoms with Crippen molar-refractivity contribution < 1.29 is 9.90 Å². The quantitative estimate of drug-likeness (QED) is 0.860. The normalized spacial score (nSPS) is 25.8. The fraction of sp³-hybridized carbons (Fsp3) is 0.636. The molecule has 5 heteroatoms. The first-order valence-electron chi connectivity index (χ1n) is 5.49. The minimum Gasteiger partial charge on any atom is -0.481 e. The van der Waals surface area contributed by atoms with Gasteiger partial charge in [-0.1, -0.05) is 0 Å². The molecule has 0 spiro atoms. The van der Waals surface area contributed by atoms with Crippen LogP contribution in [0.25, 0.3) is 0 Å². The maximum atomic E-state index is 10.9. The molecular formula is C11H16N2O2S. The van der Waals surface area contributed by atoms with Gasteiger partial charge in [-0.3, -0.25) is 4.79 Å². The van der Waals surface area contributed by atoms with Crippen LogP contribution in [0.15, 0.2) is 5.38 Å². The summed E-state index contributed by atoms with van der Waals surface area (Å²) in [6.45, 7) is 4.85. The lowest BCUT2D eigenvalue weighted by Crippen LogP contribution is -2.42. The lowest BCUT2D eigenvalue weighted by atomic mass is 9.92. The molecule has 2 atom stereocenters. The van der Waals surface area contributed by atoms with Crippen LogP contribution in [0.2, 0.25) is 0 Å². The predicted octanol–water partition coefficient (Wildman–Crippen LogP) is 2.14. The summed E-state index contributed by atoms with van der Waals surface area (Å²) in [5, 5.41) is 12.0. The van der Waals surface area contributed by atoms with Gasteiger partial charge in [-0.25, -0.2) is 4.98 Å². The molecule has 1 aromatic heterocycles. The van der Waals surface area contributed by atoms with Crippen LogP contribution in [0.3, 0.4) is 0 Å². The molecule has 0 amide bonds. The summed E-state index contributed by atoms with van der Waals surface area (Å²) >= 11 is 1.64. The van der Waals surface area contributed by atoms with Crippen LogP contribution in [0, 0.1) is 12.8 Å². The molecule has 1 aliphatic heterocycles. The molecule has 1 saturated heterocycles. The van der Waals surface area contributed by atoms with Crippen LogP contribution in [-0.4, -0.2) is 28.6 Å². The number of hydrogen-bond acceptors (Lipinski definition) is 4. The van der Waals surface area contributed by atoms with Crippen LogP contribution in [0.1, 0.15) is 25.5 Å². The van der Waals surface area contributed by atoms with Gasteiger partial charge in [0.1, 0.15) is 0 Å². The minimum atomic E-state index is -0.665. The number of nitrogens with zero attached hydrogens (tertiary/aromatic N) is 2. The number of piperidine rings is 1. The Morgan fingerprint density at radius 1 is 1.69 bits per heavy atom. The van der Waals surface area contributed by atoms with Crippen molar-refractivity contribution in [3.63, 3.8) is 0 Å². The number of carbonyl (C=O) groups is 1. The third kappa shape index (κ3) is 2.19. The summed E-state index contributed by atoms with van der Waals surface area (Å²) < 4.78 is 0. The van der Waals surface area contributed by atoms with Crippen molar-refractivity contribution in [1.82, 2.24) is 4.98 Å². The van der Waals surface area contributed by atoms with E-state index in [0.29, 0.717) is 6.42 Å². The summed E-state index contributed by atoms with van der Waals surface area (Å²) in [5.41, 5.74) is 1.03. The lowest BCUT2D eigenvalue weighted by molar-refractivity contribution is -0.142. The molecule has 0 radical (unpaired) electrons. The summed E-state index contributed by atoms with van der Waals surface area (Å²) in [5.74, 6) is -0.853. The van der Waals surface area contributed by atoms with Crippen LogP contribution < -0.4 is 4.90 Å². The highest BCUT2D eigenvalue weighted by Gasteiger charge is 2.30. The Morgan fingerprint density at radius 2 is 2.44 bits per heavy atom. The zero-order valence-corrected chi connectivity index (χ0v) is 10.3. The Hall–Kier alpha value is -1.10. The molecule has 1 aliphatic rings. The number of aromatic nitrogens is 1. The van der Waals surface area contributed by atoms with Gasteiger partial charge < -0.3 is 10.0 Å². The van der Waals surface area contributed by atoms with E-state index >= 15 is 0 Å². The highest BCUT2D eigenvalue weighted by atomic mass is 32.1. The molecular weight excluding hydrogens is 224 g/mol. The van der Waals surface area contributed by atoms with E-state index < -0.39 is 5.97 Å². The fourth-order valence-electron chi connectivity index (χ4n) is 2.15. The van der Waals surface area contributed by atoms with Crippen LogP contribution in [-0.2, 0) is 4.79 Å². The predicted molar refractivity (Wildman–Crippen MR) is 64.0 cm³/mol. The Morgan fingerprint density at radius 3 is 2.94 bits per heavy atom. The Bertz CT molecular complexity index is 391. The van der Waals surface area contributed by atoms with Crippen LogP contribution >= 0.6 is 11.3 Å². The molecule has 1 aromatic rings. The van der Waals surface area contributed by atoms with Crippen molar-refractivity contribution in [2.24, 2.45) is 5.92 Å². The second kappa shape index (κ2) is 4.41. The average Bonchev–Trinajstić information content (AvgIpc) is 2.64. The second-order valence-electron chi connectivity index (χ2n) is 4.37. The van der Waals surface area contributed by atoms with Crippen molar-refractivity contribution >= 4 is 22.4 Å². The van der Waals surface area contributed by atoms with E-state index in [9.17, 15) is 4.79 Å². The van der Waals surface area contributed by atoms with Crippen molar-refractivity contribution in [1.29, 1.82) is 0 Å². The van der Waals surface area contributed by atoms with E-state index in [4.69, 9.17) is 5.11 Å². The van der Waals surface area contributed by atoms with E-state index in [1.165, 1.54) is 0 Å². The summed E-state index contributed by atoms with van der Waals surface area (Å²) in [6.07, 6.45) is 1.44. The van der Waals surface area contributed by atoms with Gasteiger partial charge in [-0.2, -0.15) is 0 Å². The zero-order chi connectivity index (χ0) is 11.7. The van der Waals surface area contributed by atoms with E-state index in [0.717, 1.165) is 23.8 Å². The third-order valence-electron chi connectivity index (χ3n) is 3.08. The molecule has 2 rings (SSSR count). The fourth-order valence-corrected chi connectivity index (χ4v) is 3.09. The number of rotatable bonds is 2. The topological polar surface area (TPSA) is 53.4 Å². The van der Waals surface area contributed by atoms with Crippen molar-refractivity contribution in [2.75, 3.05) is 11.4 Å². The Labute approximate surface area is 98.9 Å². The smallest absolute Gasteiger partial charge is 0.306 e. The van der Waals surface area contributed by atoms with Gasteiger partial charge in [0.15, 0.2) is 5.13 Å². The van der Waals surface area contributed by atoms with Gasteiger partial charge in [-0.05, 0) is 26.7 Å². The zero-order valence-electron chi connectivity index (χ0n) is 9.51. The van der Waals surface area contributed by atoms with Crippen molar-refractivity contribution in [2.45, 2.75) is 32.7 Å². The number of thiazole rings is 1. The summed E-state index contributed by atoms with van der Waals surface area (Å²) in [6, 6.07) is 0.264. The monoisotopic (exact) mass is 240 g/mol. The van der Waals surface area contributed by atoms with Crippen LogP contribution in [0.5, 0.6) is 0 Å². The molecule has 88 valence electrons. The first-order valence-corrected chi connectivity index (χ1v) is 6.37. The third-order valence-corrected chi connectivity index (χ3v) is 4.07. The molecule has 0 aliphatic carbocycles. The van der Waals surface area contributed by atoms with Gasteiger partial charge in [0.25, 0.3) is 0 Å². The Balaban J connectivity index is 2.07. The maximum absolute atomic E-state index is 10.9. The van der Waals surface area contributed by atoms with Gasteiger partial charge in [0, 0.05) is 18.0 Å². The SMILES string of the molecule is Cc1csc(N2CCC(C(=O)O)CC2C)n1. The molecule has 4 nitrogen and oxygen atoms in total. The lowest BCUT2D eigenvalue weighted by Gasteiger charge is -2.36. The second-order valence-corrected chi connectivity index (χ2v) is 5.21. The van der Waals surface area contributed by atoms with Crippen LogP contribution in [0.4, 0.5) is 5.13 Å². The van der Waals surface area contributed by atoms with Gasteiger partial charge >= 0.3 is 5.97 Å². The maximum Gasteiger partial charge on any atom is 0.306 e. The summed E-state index contributed by atoms with van der Waals surface area (Å²) in [7, 11) is 0. The molecule has 1 fully saturated rings.